The molecule has 5 unspecified atom stereocenters. The summed E-state index contributed by atoms with van der Waals surface area (Å²) in [6.07, 6.45) is 8.56. The van der Waals surface area contributed by atoms with Crippen LogP contribution in [0, 0.1) is 23.7 Å². The Kier molecular flexibility index (Phi) is 14.5. The highest BCUT2D eigenvalue weighted by Gasteiger charge is 2.38. The van der Waals surface area contributed by atoms with Crippen molar-refractivity contribution in [1.82, 2.24) is 0 Å². The van der Waals surface area contributed by atoms with Gasteiger partial charge in [-0.1, -0.05) is 92.4 Å². The summed E-state index contributed by atoms with van der Waals surface area (Å²) in [5, 5.41) is 29.0. The highest BCUT2D eigenvalue weighted by Crippen LogP contribution is 2.23. The van der Waals surface area contributed by atoms with Crippen molar-refractivity contribution < 1.29 is 24.8 Å². The summed E-state index contributed by atoms with van der Waals surface area (Å²) in [6, 6.07) is 0. The number of rotatable bonds is 16. The van der Waals surface area contributed by atoms with Gasteiger partial charge in [-0.25, -0.2) is 0 Å². The van der Waals surface area contributed by atoms with Crippen LogP contribution >= 0.6 is 0 Å². The predicted molar refractivity (Wildman–Crippen MR) is 122 cm³/mol. The second kappa shape index (κ2) is 15.6. The quantitative estimate of drug-likeness (QED) is 0.324. The number of hydrogen-bond acceptors (Lipinski definition) is 5. The molecule has 1 aliphatic rings. The number of ether oxygens (including phenoxy) is 2. The van der Waals surface area contributed by atoms with Crippen LogP contribution in [0.15, 0.2) is 0 Å². The lowest BCUT2D eigenvalue weighted by Gasteiger charge is -2.35. The minimum Gasteiger partial charge on any atom is -0.388 e. The van der Waals surface area contributed by atoms with Gasteiger partial charge < -0.3 is 24.8 Å². The Morgan fingerprint density at radius 1 is 0.700 bits per heavy atom. The molecule has 5 nitrogen and oxygen atoms in total. The van der Waals surface area contributed by atoms with Gasteiger partial charge in [0.05, 0.1) is 13.2 Å². The van der Waals surface area contributed by atoms with Crippen LogP contribution in [-0.4, -0.2) is 53.1 Å². The van der Waals surface area contributed by atoms with Crippen LogP contribution in [0.1, 0.15) is 98.8 Å². The molecule has 1 aliphatic heterocycles. The average molecular weight is 431 g/mol. The first-order valence-corrected chi connectivity index (χ1v) is 12.5. The Hall–Kier alpha value is -0.200. The van der Waals surface area contributed by atoms with Gasteiger partial charge in [0, 0.05) is 0 Å². The summed E-state index contributed by atoms with van der Waals surface area (Å²) in [5.41, 5.74) is 0. The molecule has 1 saturated heterocycles. The Bertz CT molecular complexity index is 416. The third kappa shape index (κ3) is 12.0. The summed E-state index contributed by atoms with van der Waals surface area (Å²) in [5.74, 6) is 3.07. The smallest absolute Gasteiger partial charge is 0.186 e. The Morgan fingerprint density at radius 2 is 1.17 bits per heavy atom. The van der Waals surface area contributed by atoms with Crippen LogP contribution < -0.4 is 0 Å². The van der Waals surface area contributed by atoms with Crippen LogP contribution in [-0.2, 0) is 9.47 Å². The zero-order chi connectivity index (χ0) is 22.5. The Morgan fingerprint density at radius 3 is 1.67 bits per heavy atom. The van der Waals surface area contributed by atoms with Crippen molar-refractivity contribution in [2.75, 3.05) is 13.2 Å². The molecule has 1 fully saturated rings. The Balaban J connectivity index is 2.02. The first-order chi connectivity index (χ1) is 14.2. The van der Waals surface area contributed by atoms with Crippen molar-refractivity contribution in [3.63, 3.8) is 0 Å². The van der Waals surface area contributed by atoms with Gasteiger partial charge in [-0.15, -0.1) is 0 Å². The number of hydrogen-bond donors (Lipinski definition) is 3. The number of aliphatic hydroxyl groups excluding tert-OH is 3. The van der Waals surface area contributed by atoms with Crippen LogP contribution in [0.4, 0.5) is 0 Å². The molecule has 1 rings (SSSR count). The van der Waals surface area contributed by atoms with Crippen molar-refractivity contribution in [3.8, 4) is 0 Å². The fraction of sp³-hybridized carbons (Fsp3) is 1.00. The minimum atomic E-state index is -1.20. The fourth-order valence-corrected chi connectivity index (χ4v) is 4.25. The second-order valence-corrected chi connectivity index (χ2v) is 10.4. The zero-order valence-electron chi connectivity index (χ0n) is 20.3. The fourth-order valence-electron chi connectivity index (χ4n) is 4.25. The molecule has 0 aromatic rings. The van der Waals surface area contributed by atoms with Crippen molar-refractivity contribution in [2.45, 2.75) is 123 Å². The van der Waals surface area contributed by atoms with Gasteiger partial charge in [-0.05, 0) is 30.1 Å². The average Bonchev–Trinajstić information content (AvgIpc) is 2.67. The third-order valence-electron chi connectivity index (χ3n) is 6.61. The van der Waals surface area contributed by atoms with Gasteiger partial charge in [0.1, 0.15) is 18.3 Å². The van der Waals surface area contributed by atoms with Gasteiger partial charge >= 0.3 is 0 Å². The van der Waals surface area contributed by atoms with E-state index in [9.17, 15) is 15.3 Å². The molecule has 7 atom stereocenters. The van der Waals surface area contributed by atoms with Gasteiger partial charge in [0.15, 0.2) is 6.29 Å². The molecule has 30 heavy (non-hydrogen) atoms. The van der Waals surface area contributed by atoms with E-state index in [0.29, 0.717) is 12.5 Å². The largest absolute Gasteiger partial charge is 0.388 e. The molecule has 5 heteroatoms. The van der Waals surface area contributed by atoms with Gasteiger partial charge in [-0.2, -0.15) is 0 Å². The highest BCUT2D eigenvalue weighted by atomic mass is 16.7. The lowest BCUT2D eigenvalue weighted by Crippen LogP contribution is -2.53. The maximum atomic E-state index is 9.88. The SMILES string of the molecule is CC(C)CCC[C@@H](C)CCC[C@@H](C)CCCC(C)CCOC1OCC(O)C(O)C1O. The normalized spacial score (nSPS) is 27.9. The molecule has 0 spiro atoms. The van der Waals surface area contributed by atoms with E-state index in [4.69, 9.17) is 9.47 Å². The van der Waals surface area contributed by atoms with Crippen LogP contribution in [0.25, 0.3) is 0 Å². The van der Waals surface area contributed by atoms with Gasteiger partial charge in [-0.3, -0.25) is 0 Å². The highest BCUT2D eigenvalue weighted by molar-refractivity contribution is 4.82. The third-order valence-corrected chi connectivity index (χ3v) is 6.61. The molecule has 0 bridgehead atoms. The summed E-state index contributed by atoms with van der Waals surface area (Å²) >= 11 is 0. The van der Waals surface area contributed by atoms with Crippen LogP contribution in [0.5, 0.6) is 0 Å². The van der Waals surface area contributed by atoms with E-state index in [1.807, 2.05) is 0 Å². The summed E-state index contributed by atoms with van der Waals surface area (Å²) in [4.78, 5) is 0. The lowest BCUT2D eigenvalue weighted by atomic mass is 9.91. The summed E-state index contributed by atoms with van der Waals surface area (Å²) in [7, 11) is 0. The van der Waals surface area contributed by atoms with Crippen molar-refractivity contribution in [1.29, 1.82) is 0 Å². The topological polar surface area (TPSA) is 79.2 Å². The molecule has 0 saturated carbocycles. The van der Waals surface area contributed by atoms with Crippen LogP contribution in [0.2, 0.25) is 0 Å². The molecule has 0 aliphatic carbocycles. The lowest BCUT2D eigenvalue weighted by molar-refractivity contribution is -0.270. The van der Waals surface area contributed by atoms with Crippen molar-refractivity contribution >= 4 is 0 Å². The van der Waals surface area contributed by atoms with E-state index in [1.165, 1.54) is 57.8 Å². The molecule has 3 N–H and O–H groups in total. The molecule has 0 amide bonds. The van der Waals surface area contributed by atoms with E-state index >= 15 is 0 Å². The second-order valence-electron chi connectivity index (χ2n) is 10.4. The van der Waals surface area contributed by atoms with Crippen molar-refractivity contribution in [3.05, 3.63) is 0 Å². The molecule has 1 heterocycles. The molecular weight excluding hydrogens is 380 g/mol. The van der Waals surface area contributed by atoms with E-state index in [-0.39, 0.29) is 6.61 Å². The van der Waals surface area contributed by atoms with Crippen molar-refractivity contribution in [2.24, 2.45) is 23.7 Å². The van der Waals surface area contributed by atoms with E-state index in [2.05, 4.69) is 34.6 Å². The molecule has 180 valence electrons. The maximum absolute atomic E-state index is 9.88. The Labute approximate surface area is 185 Å². The maximum Gasteiger partial charge on any atom is 0.186 e. The van der Waals surface area contributed by atoms with E-state index in [0.717, 1.165) is 24.2 Å². The first kappa shape index (κ1) is 27.8. The standard InChI is InChI=1S/C25H50O5/c1-18(2)9-6-10-19(3)11-7-12-20(4)13-8-14-21(5)15-16-29-25-24(28)23(27)22(26)17-30-25/h18-28H,6-17H2,1-5H3/t19-,20-,21?,22?,23?,24?,25?/m1/s1. The molecular formula is C25H50O5. The monoisotopic (exact) mass is 430 g/mol. The molecule has 0 radical (unpaired) electrons. The summed E-state index contributed by atoms with van der Waals surface area (Å²) < 4.78 is 10.9. The van der Waals surface area contributed by atoms with E-state index in [1.54, 1.807) is 0 Å². The van der Waals surface area contributed by atoms with Crippen LogP contribution in [0.3, 0.4) is 0 Å². The van der Waals surface area contributed by atoms with E-state index < -0.39 is 24.6 Å². The molecule has 0 aromatic heterocycles. The predicted octanol–water partition coefficient (Wildman–Crippen LogP) is 4.91. The first-order valence-electron chi connectivity index (χ1n) is 12.5. The zero-order valence-corrected chi connectivity index (χ0v) is 20.3. The van der Waals surface area contributed by atoms with Gasteiger partial charge in [0.25, 0.3) is 0 Å². The minimum absolute atomic E-state index is 0.00689. The van der Waals surface area contributed by atoms with Gasteiger partial charge in [0.2, 0.25) is 0 Å². The summed E-state index contributed by atoms with van der Waals surface area (Å²) in [6.45, 7) is 12.2. The number of aliphatic hydroxyl groups is 3. The molecule has 0 aromatic carbocycles.